The number of ether oxygens (including phenoxy) is 1. The van der Waals surface area contributed by atoms with Crippen molar-refractivity contribution in [2.45, 2.75) is 19.3 Å². The molecule has 0 bridgehead atoms. The molecule has 0 unspecified atom stereocenters. The molecule has 0 fully saturated rings. The zero-order valence-corrected chi connectivity index (χ0v) is 25.9. The van der Waals surface area contributed by atoms with E-state index in [1.54, 1.807) is 0 Å². The first-order chi connectivity index (χ1) is 23.0. The summed E-state index contributed by atoms with van der Waals surface area (Å²) in [4.78, 5) is 14.9. The van der Waals surface area contributed by atoms with Crippen LogP contribution in [0.1, 0.15) is 25.0 Å². The Labute approximate surface area is 272 Å². The van der Waals surface area contributed by atoms with Gasteiger partial charge < -0.3 is 9.15 Å². The third-order valence-corrected chi connectivity index (χ3v) is 9.21. The maximum Gasteiger partial charge on any atom is 0.164 e. The molecule has 6 aromatic carbocycles. The molecule has 0 atom stereocenters. The maximum atomic E-state index is 6.66. The van der Waals surface area contributed by atoms with Crippen LogP contribution in [0, 0.1) is 0 Å². The number of aromatic nitrogens is 3. The van der Waals surface area contributed by atoms with E-state index in [4.69, 9.17) is 24.1 Å². The highest BCUT2D eigenvalue weighted by Gasteiger charge is 2.34. The molecule has 47 heavy (non-hydrogen) atoms. The fourth-order valence-corrected chi connectivity index (χ4v) is 6.82. The van der Waals surface area contributed by atoms with Gasteiger partial charge in [0.1, 0.15) is 22.7 Å². The highest BCUT2D eigenvalue weighted by Crippen LogP contribution is 2.49. The molecule has 5 heteroatoms. The van der Waals surface area contributed by atoms with Gasteiger partial charge in [0.05, 0.1) is 0 Å². The van der Waals surface area contributed by atoms with E-state index in [1.807, 2.05) is 84.9 Å². The van der Waals surface area contributed by atoms with Crippen LogP contribution in [0.3, 0.4) is 0 Å². The summed E-state index contributed by atoms with van der Waals surface area (Å²) in [7, 11) is 0. The molecular formula is C42H29N3O2. The van der Waals surface area contributed by atoms with Crippen molar-refractivity contribution in [3.8, 4) is 56.8 Å². The normalized spacial score (nSPS) is 13.2. The Morgan fingerprint density at radius 1 is 0.489 bits per heavy atom. The molecule has 3 heterocycles. The summed E-state index contributed by atoms with van der Waals surface area (Å²) in [6, 6.07) is 47.2. The highest BCUT2D eigenvalue weighted by molar-refractivity contribution is 6.15. The average Bonchev–Trinajstić information content (AvgIpc) is 3.51. The minimum atomic E-state index is -0.176. The molecule has 2 aromatic heterocycles. The molecule has 9 rings (SSSR count). The summed E-state index contributed by atoms with van der Waals surface area (Å²) >= 11 is 0. The molecule has 0 N–H and O–H groups in total. The second-order valence-electron chi connectivity index (χ2n) is 12.4. The minimum absolute atomic E-state index is 0.176. The maximum absolute atomic E-state index is 6.66. The van der Waals surface area contributed by atoms with Gasteiger partial charge in [0.15, 0.2) is 17.5 Å². The Hall–Kier alpha value is -6.07. The first-order valence-electron chi connectivity index (χ1n) is 15.8. The molecule has 0 saturated heterocycles. The largest absolute Gasteiger partial charge is 0.457 e. The lowest BCUT2D eigenvalue weighted by Gasteiger charge is -2.34. The predicted molar refractivity (Wildman–Crippen MR) is 187 cm³/mol. The molecule has 8 aromatic rings. The van der Waals surface area contributed by atoms with Crippen molar-refractivity contribution < 1.29 is 9.15 Å². The van der Waals surface area contributed by atoms with Crippen LogP contribution in [0.2, 0.25) is 0 Å². The molecule has 0 saturated carbocycles. The highest BCUT2D eigenvalue weighted by atomic mass is 16.5. The van der Waals surface area contributed by atoms with Crippen LogP contribution >= 0.6 is 0 Å². The lowest BCUT2D eigenvalue weighted by molar-refractivity contribution is 0.418. The Balaban J connectivity index is 1.22. The summed E-state index contributed by atoms with van der Waals surface area (Å²) in [6.07, 6.45) is 0. The van der Waals surface area contributed by atoms with Crippen molar-refractivity contribution in [2.75, 3.05) is 0 Å². The van der Waals surface area contributed by atoms with E-state index in [1.165, 1.54) is 5.56 Å². The van der Waals surface area contributed by atoms with E-state index in [-0.39, 0.29) is 5.41 Å². The smallest absolute Gasteiger partial charge is 0.164 e. The number of benzene rings is 6. The molecular weight excluding hydrogens is 578 g/mol. The van der Waals surface area contributed by atoms with Crippen molar-refractivity contribution in [2.24, 2.45) is 0 Å². The predicted octanol–water partition coefficient (Wildman–Crippen LogP) is 10.9. The van der Waals surface area contributed by atoms with Gasteiger partial charge in [-0.1, -0.05) is 135 Å². The molecule has 0 radical (unpaired) electrons. The number of rotatable bonds is 4. The zero-order valence-electron chi connectivity index (χ0n) is 25.9. The Morgan fingerprint density at radius 3 is 1.85 bits per heavy atom. The minimum Gasteiger partial charge on any atom is -0.457 e. The van der Waals surface area contributed by atoms with Crippen molar-refractivity contribution >= 4 is 21.9 Å². The summed E-state index contributed by atoms with van der Waals surface area (Å²) in [6.45, 7) is 4.50. The number of hydrogen-bond acceptors (Lipinski definition) is 5. The number of nitrogens with zero attached hydrogens (tertiary/aromatic N) is 3. The lowest BCUT2D eigenvalue weighted by atomic mass is 9.75. The van der Waals surface area contributed by atoms with Crippen molar-refractivity contribution in [3.05, 3.63) is 151 Å². The number of fused-ring (bicyclic) bond motifs is 5. The van der Waals surface area contributed by atoms with Crippen LogP contribution in [-0.4, -0.2) is 15.0 Å². The average molecular weight is 608 g/mol. The van der Waals surface area contributed by atoms with E-state index >= 15 is 0 Å². The summed E-state index contributed by atoms with van der Waals surface area (Å²) in [5.74, 6) is 3.61. The van der Waals surface area contributed by atoms with Crippen molar-refractivity contribution in [3.63, 3.8) is 0 Å². The summed E-state index contributed by atoms with van der Waals surface area (Å²) < 4.78 is 13.1. The number of hydrogen-bond donors (Lipinski definition) is 0. The van der Waals surface area contributed by atoms with Crippen LogP contribution in [0.25, 0.3) is 67.2 Å². The zero-order chi connectivity index (χ0) is 31.5. The van der Waals surface area contributed by atoms with Gasteiger partial charge in [0.25, 0.3) is 0 Å². The van der Waals surface area contributed by atoms with Crippen LogP contribution in [0.5, 0.6) is 11.5 Å². The van der Waals surface area contributed by atoms with Gasteiger partial charge in [-0.05, 0) is 23.8 Å². The second kappa shape index (κ2) is 10.5. The van der Waals surface area contributed by atoms with Crippen LogP contribution in [0.15, 0.2) is 144 Å². The van der Waals surface area contributed by atoms with Crippen molar-refractivity contribution in [1.82, 2.24) is 15.0 Å². The molecule has 1 aliphatic rings. The molecule has 0 amide bonds. The third-order valence-electron chi connectivity index (χ3n) is 9.21. The number of furan rings is 1. The summed E-state index contributed by atoms with van der Waals surface area (Å²) in [5, 5.41) is 1.97. The summed E-state index contributed by atoms with van der Waals surface area (Å²) in [5.41, 5.74) is 8.55. The standard InChI is InChI=1S/C42H29N3O2/c1-42(2)32-20-9-10-21-34(32)46-36-25-28(23-24-33(36)42)29-17-11-18-30-37-31(19-12-22-35(37)47-38(29)30)41-44-39(26-13-5-3-6-14-26)43-40(45-41)27-15-7-4-8-16-27/h3-25H,1-2H3. The fourth-order valence-electron chi connectivity index (χ4n) is 6.82. The second-order valence-corrected chi connectivity index (χ2v) is 12.4. The Bertz CT molecular complexity index is 2410. The van der Waals surface area contributed by atoms with Gasteiger partial charge in [-0.15, -0.1) is 0 Å². The van der Waals surface area contributed by atoms with E-state index in [0.717, 1.165) is 66.8 Å². The van der Waals surface area contributed by atoms with E-state index in [2.05, 4.69) is 68.4 Å². The van der Waals surface area contributed by atoms with E-state index in [9.17, 15) is 0 Å². The molecule has 0 aliphatic carbocycles. The molecule has 1 aliphatic heterocycles. The van der Waals surface area contributed by atoms with E-state index in [0.29, 0.717) is 17.5 Å². The van der Waals surface area contributed by atoms with Crippen LogP contribution < -0.4 is 4.74 Å². The van der Waals surface area contributed by atoms with Gasteiger partial charge in [-0.25, -0.2) is 15.0 Å². The first-order valence-corrected chi connectivity index (χ1v) is 15.8. The van der Waals surface area contributed by atoms with Crippen molar-refractivity contribution in [1.29, 1.82) is 0 Å². The molecule has 0 spiro atoms. The van der Waals surface area contributed by atoms with Crippen LogP contribution in [-0.2, 0) is 5.41 Å². The first kappa shape index (κ1) is 27.3. The van der Waals surface area contributed by atoms with Gasteiger partial charge in [-0.2, -0.15) is 0 Å². The Morgan fingerprint density at radius 2 is 1.11 bits per heavy atom. The Kier molecular flexibility index (Phi) is 6.09. The van der Waals surface area contributed by atoms with Gasteiger partial charge in [-0.3, -0.25) is 0 Å². The van der Waals surface area contributed by atoms with Gasteiger partial charge in [0, 0.05) is 49.6 Å². The quantitative estimate of drug-likeness (QED) is 0.199. The molecule has 5 nitrogen and oxygen atoms in total. The molecule has 224 valence electrons. The van der Waals surface area contributed by atoms with Crippen LogP contribution in [0.4, 0.5) is 0 Å². The van der Waals surface area contributed by atoms with Gasteiger partial charge in [0.2, 0.25) is 0 Å². The number of para-hydroxylation sites is 2. The van der Waals surface area contributed by atoms with E-state index < -0.39 is 0 Å². The lowest BCUT2D eigenvalue weighted by Crippen LogP contribution is -2.24. The third kappa shape index (κ3) is 4.43. The monoisotopic (exact) mass is 607 g/mol. The topological polar surface area (TPSA) is 61.0 Å². The SMILES string of the molecule is CC1(C)c2ccccc2Oc2cc(-c3cccc4c3oc3cccc(-c5nc(-c6ccccc6)nc(-c6ccccc6)n5)c34)ccc21. The fraction of sp³-hybridized carbons (Fsp3) is 0.0714. The van der Waals surface area contributed by atoms with Gasteiger partial charge >= 0.3 is 0 Å².